The Morgan fingerprint density at radius 3 is 1.17 bits per heavy atom. The smallest absolute Gasteiger partial charge is 0.308 e. The molecule has 0 aromatic heterocycles. The van der Waals surface area contributed by atoms with Gasteiger partial charge in [-0.05, 0) is 6.42 Å². The number of amides is 1. The van der Waals surface area contributed by atoms with Crippen molar-refractivity contribution in [3.05, 3.63) is 0 Å². The summed E-state index contributed by atoms with van der Waals surface area (Å²) in [4.78, 5) is 12.1. The summed E-state index contributed by atoms with van der Waals surface area (Å²) >= 11 is 0. The maximum Gasteiger partial charge on any atom is 0.308 e. The van der Waals surface area contributed by atoms with E-state index >= 15 is 0 Å². The van der Waals surface area contributed by atoms with E-state index in [4.69, 9.17) is 0 Å². The van der Waals surface area contributed by atoms with Crippen LogP contribution in [0.4, 0.5) is 0 Å². The number of unbranched alkanes of at least 4 members (excludes halogenated alkanes) is 12. The molecule has 3 nitrogen and oxygen atoms in total. The van der Waals surface area contributed by atoms with Crippen molar-refractivity contribution >= 4 is 5.91 Å². The second-order valence-corrected chi connectivity index (χ2v) is 7.03. The zero-order chi connectivity index (χ0) is 17.1. The molecule has 150 valence electrons. The molecule has 24 heavy (non-hydrogen) atoms. The maximum atomic E-state index is 10.6. The van der Waals surface area contributed by atoms with Crippen LogP contribution in [0.1, 0.15) is 96.8 Å². The second kappa shape index (κ2) is 28.0. The molecule has 0 aliphatic rings. The molecule has 0 saturated carbocycles. The van der Waals surface area contributed by atoms with Gasteiger partial charge < -0.3 is 29.7 Å². The van der Waals surface area contributed by atoms with E-state index in [1.165, 1.54) is 81.9 Å². The first-order chi connectivity index (χ1) is 10.5. The molecule has 0 aliphatic carbocycles. The van der Waals surface area contributed by atoms with Crippen molar-refractivity contribution < 1.29 is 40.2 Å². The van der Waals surface area contributed by atoms with Crippen LogP contribution in [0.5, 0.6) is 0 Å². The van der Waals surface area contributed by atoms with Gasteiger partial charge in [0.15, 0.2) is 0 Å². The number of quaternary nitrogens is 2. The highest BCUT2D eigenvalue weighted by atomic mass is 35.5. The van der Waals surface area contributed by atoms with Crippen molar-refractivity contribution in [2.24, 2.45) is 0 Å². The summed E-state index contributed by atoms with van der Waals surface area (Å²) in [5, 5.41) is 0. The van der Waals surface area contributed by atoms with Gasteiger partial charge in [-0.3, -0.25) is 5.73 Å². The van der Waals surface area contributed by atoms with Crippen molar-refractivity contribution in [2.45, 2.75) is 96.8 Å². The summed E-state index contributed by atoms with van der Waals surface area (Å²) in [7, 11) is 6.25. The Morgan fingerprint density at radius 1 is 0.667 bits per heavy atom. The first kappa shape index (κ1) is 31.9. The molecule has 0 radical (unpaired) electrons. The Balaban J connectivity index is -0.000000298. The predicted octanol–water partition coefficient (Wildman–Crippen LogP) is -3.00. The Labute approximate surface area is 164 Å². The third kappa shape index (κ3) is 43.2. The normalized spacial score (nSPS) is 9.58. The highest BCUT2D eigenvalue weighted by Crippen LogP contribution is 2.12. The summed E-state index contributed by atoms with van der Waals surface area (Å²) in [6, 6.07) is 0. The third-order valence-electron chi connectivity index (χ3n) is 3.56. The van der Waals surface area contributed by atoms with Gasteiger partial charge in [0, 0.05) is 0 Å². The van der Waals surface area contributed by atoms with Gasteiger partial charge in [0.1, 0.15) is 0 Å². The average molecular weight is 387 g/mol. The third-order valence-corrected chi connectivity index (χ3v) is 3.56. The van der Waals surface area contributed by atoms with E-state index in [-0.39, 0.29) is 30.7 Å². The zero-order valence-electron chi connectivity index (χ0n) is 16.8. The minimum Gasteiger partial charge on any atom is -1.00 e. The summed E-state index contributed by atoms with van der Waals surface area (Å²) in [6.45, 7) is 2.27. The average Bonchev–Trinajstić information content (AvgIpc) is 2.43. The van der Waals surface area contributed by atoms with Crippen molar-refractivity contribution in [3.8, 4) is 0 Å². The van der Waals surface area contributed by atoms with E-state index in [2.05, 4.69) is 33.8 Å². The van der Waals surface area contributed by atoms with Crippen LogP contribution in [0, 0.1) is 0 Å². The summed E-state index contributed by atoms with van der Waals surface area (Å²) < 4.78 is 0. The number of hydrogen-bond donors (Lipinski definition) is 2. The summed E-state index contributed by atoms with van der Waals surface area (Å²) in [6.07, 6.45) is 18.3. The molecule has 4 N–H and O–H groups in total. The lowest BCUT2D eigenvalue weighted by molar-refractivity contribution is -0.836. The Hall–Kier alpha value is 0.170. The lowest BCUT2D eigenvalue weighted by Gasteiger charge is -2.02. The van der Waals surface area contributed by atoms with Crippen LogP contribution in [0.15, 0.2) is 0 Å². The summed E-state index contributed by atoms with van der Waals surface area (Å²) in [5.41, 5.74) is 3.39. The fourth-order valence-electron chi connectivity index (χ4n) is 2.34. The number of hydrogen-bond acceptors (Lipinski definition) is 1. The van der Waals surface area contributed by atoms with Gasteiger partial charge in [-0.1, -0.05) is 84.0 Å². The standard InChI is InChI=1S/C16H33NO.C3H9N.2ClH/c1-2-3-4-5-6-7-8-9-10-11-12-13-14-15-16(17)18;1-4(2)3;;/h2-15H2,1H3,(H2,17,18);1-3H3;2*1H. The Morgan fingerprint density at radius 2 is 0.917 bits per heavy atom. The molecule has 1 amide bonds. The maximum absolute atomic E-state index is 10.6. The first-order valence-corrected chi connectivity index (χ1v) is 9.62. The van der Waals surface area contributed by atoms with Gasteiger partial charge in [-0.2, -0.15) is 0 Å². The van der Waals surface area contributed by atoms with Crippen LogP contribution in [0.3, 0.4) is 0 Å². The molecule has 0 bridgehead atoms. The largest absolute Gasteiger partial charge is 1.00 e. The second-order valence-electron chi connectivity index (χ2n) is 7.03. The molecular weight excluding hydrogens is 343 g/mol. The molecule has 0 saturated heterocycles. The number of carbonyl (C=O) groups excluding carboxylic acids is 1. The van der Waals surface area contributed by atoms with E-state index in [1.54, 1.807) is 0 Å². The van der Waals surface area contributed by atoms with Gasteiger partial charge in [-0.25, -0.2) is 4.79 Å². The molecule has 0 atom stereocenters. The molecule has 0 fully saturated rings. The van der Waals surface area contributed by atoms with Crippen molar-refractivity contribution in [3.63, 3.8) is 0 Å². The molecule has 0 aromatic carbocycles. The SMILES string of the molecule is CCCCCCCCCCCCCCCC([NH3+])=O.C[NH+](C)C.[Cl-].[Cl-]. The number of nitrogens with one attached hydrogen (secondary N) is 1. The Kier molecular flexibility index (Phi) is 37.2. The Bertz CT molecular complexity index is 225. The topological polar surface area (TPSA) is 49.1 Å². The molecule has 0 heterocycles. The van der Waals surface area contributed by atoms with Gasteiger partial charge in [0.05, 0.1) is 27.6 Å². The van der Waals surface area contributed by atoms with Crippen LogP contribution in [-0.2, 0) is 4.79 Å². The minimum atomic E-state index is 0. The van der Waals surface area contributed by atoms with Crippen molar-refractivity contribution in [1.82, 2.24) is 0 Å². The van der Waals surface area contributed by atoms with Gasteiger partial charge in [-0.15, -0.1) is 0 Å². The zero-order valence-corrected chi connectivity index (χ0v) is 18.3. The minimum absolute atomic E-state index is 0. The highest BCUT2D eigenvalue weighted by Gasteiger charge is 1.97. The molecule has 0 spiro atoms. The fraction of sp³-hybridized carbons (Fsp3) is 0.947. The van der Waals surface area contributed by atoms with Crippen molar-refractivity contribution in [2.75, 3.05) is 21.1 Å². The van der Waals surface area contributed by atoms with Crippen molar-refractivity contribution in [1.29, 1.82) is 0 Å². The summed E-state index contributed by atoms with van der Waals surface area (Å²) in [5.74, 6) is 0.0954. The highest BCUT2D eigenvalue weighted by molar-refractivity contribution is 5.63. The van der Waals surface area contributed by atoms with Crippen LogP contribution in [-0.4, -0.2) is 27.1 Å². The first-order valence-electron chi connectivity index (χ1n) is 9.62. The van der Waals surface area contributed by atoms with Crippen LogP contribution < -0.4 is 35.4 Å². The number of carbonyl (C=O) groups is 1. The lowest BCUT2D eigenvalue weighted by Crippen LogP contribution is -3.02. The van der Waals surface area contributed by atoms with E-state index < -0.39 is 0 Å². The monoisotopic (exact) mass is 386 g/mol. The van der Waals surface area contributed by atoms with E-state index in [1.807, 2.05) is 0 Å². The molecule has 0 aliphatic heterocycles. The number of halogens is 2. The van der Waals surface area contributed by atoms with Crippen LogP contribution in [0.2, 0.25) is 0 Å². The van der Waals surface area contributed by atoms with E-state index in [9.17, 15) is 4.79 Å². The van der Waals surface area contributed by atoms with Gasteiger partial charge in [0.2, 0.25) is 0 Å². The van der Waals surface area contributed by atoms with Crippen LogP contribution in [0.25, 0.3) is 0 Å². The lowest BCUT2D eigenvalue weighted by atomic mass is 10.0. The van der Waals surface area contributed by atoms with Gasteiger partial charge in [0.25, 0.3) is 0 Å². The molecule has 5 heteroatoms. The molecule has 0 rings (SSSR count). The van der Waals surface area contributed by atoms with E-state index in [0.717, 1.165) is 6.42 Å². The molecule has 0 aromatic rings. The fourth-order valence-corrected chi connectivity index (χ4v) is 2.34. The van der Waals surface area contributed by atoms with Crippen LogP contribution >= 0.6 is 0 Å². The van der Waals surface area contributed by atoms with Gasteiger partial charge >= 0.3 is 5.91 Å². The predicted molar refractivity (Wildman–Crippen MR) is 96.9 cm³/mol. The van der Waals surface area contributed by atoms with E-state index in [0.29, 0.717) is 6.42 Å². The molecular formula is C19H44Cl2N2O. The quantitative estimate of drug-likeness (QED) is 0.307. The number of rotatable bonds is 14. The molecule has 0 unspecified atom stereocenters.